The van der Waals surface area contributed by atoms with E-state index in [0.717, 1.165) is 45.2 Å². The Bertz CT molecular complexity index is 758. The Morgan fingerprint density at radius 3 is 0.654 bits per heavy atom. The molecule has 0 aromatic rings. The molecule has 21 heteroatoms. The number of carbonyl (C=O) groups is 18. The monoisotopic (exact) mass is 1180 g/mol. The van der Waals surface area contributed by atoms with Gasteiger partial charge in [-0.2, -0.15) is 0 Å². The van der Waals surface area contributed by atoms with Gasteiger partial charge in [0, 0.05) is 13.2 Å². The topological polar surface area (TPSA) is 347 Å². The average Bonchev–Trinajstić information content (AvgIpc) is 3.59. The first-order chi connectivity index (χ1) is 40.3. The molecule has 1 unspecified atom stereocenters. The van der Waals surface area contributed by atoms with Gasteiger partial charge < -0.3 is 95.8 Å². The van der Waals surface area contributed by atoms with E-state index in [2.05, 4.69) is 13.8 Å². The first-order valence-corrected chi connectivity index (χ1v) is 26.2. The molecule has 1 N–H and O–H groups in total. The fourth-order valence-corrected chi connectivity index (χ4v) is 6.65. The fraction of sp³-hybridized carbons (Fsp3) is 0.683. The Kier molecular flexibility index (Phi) is 443. The number of hydrogen-bond acceptors (Lipinski definition) is 20. The zero-order valence-electron chi connectivity index (χ0n) is 51.4. The van der Waals surface area contributed by atoms with E-state index in [-0.39, 0.29) is 0 Å². The molecule has 0 heterocycles. The predicted octanol–water partition coefficient (Wildman–Crippen LogP) is 10.8. The molecule has 0 spiro atoms. The maximum Gasteiger partial charge on any atom is 0.281 e. The Labute approximate surface area is 492 Å². The molecule has 1 atom stereocenters. The SMILES string of the molecule is C=O.C=O.C=O.C=O.C=O.C=O.C=O.C=O.C=O.C=O.C=O.C=O.C=O.C=O.C=O.C=O.C=O.C=O.CCCCCCCCCCC(CCCCCCCC)COCCOCCCCCCCCCCCCCCCCCCCC=[OH+]. The van der Waals surface area contributed by atoms with Crippen LogP contribution in [0.4, 0.5) is 0 Å². The molecule has 0 aromatic heterocycles. The van der Waals surface area contributed by atoms with Gasteiger partial charge in [-0.1, -0.05) is 200 Å². The molecule has 0 saturated heterocycles. The number of unbranched alkanes of at least 4 members (excludes halogenated alkanes) is 29. The van der Waals surface area contributed by atoms with Crippen molar-refractivity contribution in [2.45, 2.75) is 232 Å². The van der Waals surface area contributed by atoms with E-state index >= 15 is 0 Å². The molecule has 0 bridgehead atoms. The van der Waals surface area contributed by atoms with Gasteiger partial charge in [0.05, 0.1) is 19.6 Å². The van der Waals surface area contributed by atoms with Gasteiger partial charge in [0.25, 0.3) is 6.29 Å². The normalized spacial score (nSPS) is 7.68. The summed E-state index contributed by atoms with van der Waals surface area (Å²) in [4.78, 5) is 153. The van der Waals surface area contributed by atoms with Crippen molar-refractivity contribution >= 4 is 128 Å². The molecule has 0 aromatic carbocycles. The van der Waals surface area contributed by atoms with Gasteiger partial charge in [0.1, 0.15) is 122 Å². The second kappa shape index (κ2) is 274. The van der Waals surface area contributed by atoms with Gasteiger partial charge in [-0.15, -0.1) is 0 Å². The van der Waals surface area contributed by atoms with Crippen LogP contribution in [0.2, 0.25) is 0 Å². The average molecular weight is 1180 g/mol. The summed E-state index contributed by atoms with van der Waals surface area (Å²) in [6, 6.07) is 0. The van der Waals surface area contributed by atoms with Gasteiger partial charge in [0.2, 0.25) is 0 Å². The molecule has 0 aliphatic rings. The first kappa shape index (κ1) is 131. The van der Waals surface area contributed by atoms with Crippen LogP contribution in [-0.4, -0.2) is 160 Å². The minimum atomic E-state index is 0.754. The summed E-state index contributed by atoms with van der Waals surface area (Å²) in [5.41, 5.74) is 0. The number of aldehydes is 1. The van der Waals surface area contributed by atoms with Gasteiger partial charge >= 0.3 is 0 Å². The van der Waals surface area contributed by atoms with Gasteiger partial charge in [-0.25, -0.2) is 0 Å². The molecule has 0 amide bonds. The highest BCUT2D eigenvalue weighted by molar-refractivity contribution is 5.50. The number of ether oxygens (including phenoxy) is 2. The molecule has 21 nitrogen and oxygen atoms in total. The summed E-state index contributed by atoms with van der Waals surface area (Å²) in [5, 5.41) is 0. The van der Waals surface area contributed by atoms with Crippen LogP contribution in [0, 0.1) is 5.92 Å². The van der Waals surface area contributed by atoms with Crippen molar-refractivity contribution in [3.8, 4) is 0 Å². The molecule has 0 fully saturated rings. The molecule has 0 aliphatic heterocycles. The van der Waals surface area contributed by atoms with E-state index in [1.54, 1.807) is 0 Å². The van der Waals surface area contributed by atoms with E-state index in [9.17, 15) is 0 Å². The van der Waals surface area contributed by atoms with Gasteiger partial charge in [-0.05, 0) is 31.6 Å². The third kappa shape index (κ3) is 267. The minimum absolute atomic E-state index is 0.754. The summed E-state index contributed by atoms with van der Waals surface area (Å²) in [6.07, 6.45) is 47.9. The summed E-state index contributed by atoms with van der Waals surface area (Å²) >= 11 is 0. The third-order valence-corrected chi connectivity index (χ3v) is 9.78. The van der Waals surface area contributed by atoms with Crippen molar-refractivity contribution in [2.24, 2.45) is 5.92 Å². The van der Waals surface area contributed by atoms with Crippen molar-refractivity contribution in [3.05, 3.63) is 0 Å². The van der Waals surface area contributed by atoms with Crippen molar-refractivity contribution in [1.82, 2.24) is 0 Å². The highest BCUT2D eigenvalue weighted by atomic mass is 16.5. The smallest absolute Gasteiger partial charge is 0.281 e. The lowest BCUT2D eigenvalue weighted by Gasteiger charge is -2.17. The molecule has 0 aliphatic carbocycles. The van der Waals surface area contributed by atoms with Crippen LogP contribution in [0.3, 0.4) is 0 Å². The van der Waals surface area contributed by atoms with E-state index in [1.807, 2.05) is 122 Å². The van der Waals surface area contributed by atoms with Crippen molar-refractivity contribution < 1.29 is 101 Å². The van der Waals surface area contributed by atoms with Crippen LogP contribution < -0.4 is 0 Å². The van der Waals surface area contributed by atoms with E-state index in [1.165, 1.54) is 212 Å². The Hall–Kier alpha value is -6.35. The molecule has 0 radical (unpaired) electrons. The van der Waals surface area contributed by atoms with Crippen molar-refractivity contribution in [2.75, 3.05) is 26.4 Å². The Morgan fingerprint density at radius 2 is 0.432 bits per heavy atom. The quantitative estimate of drug-likeness (QED) is 0.0312. The molecule has 81 heavy (non-hydrogen) atoms. The van der Waals surface area contributed by atoms with E-state index in [0.29, 0.717) is 0 Å². The van der Waals surface area contributed by atoms with Crippen LogP contribution in [0.25, 0.3) is 0 Å². The zero-order chi connectivity index (χ0) is 68.6. The maximum absolute atomic E-state index is 8.69. The standard InChI is InChI=1S/C42H84O3.18CH2O/c1-3-5-7-9-11-24-28-32-36-42(35-31-27-10-8-6-4-2)41-45-40-39-44-38-34-30-26-23-21-19-17-15-13-12-14-16-18-20-22-25-29-33-37-43;18*1-2/h37,42H,3-36,38-41H2,1-2H3;18*1H2/p+1. The lowest BCUT2D eigenvalue weighted by molar-refractivity contribution is -0.0987. The van der Waals surface area contributed by atoms with Crippen LogP contribution in [-0.2, 0) is 95.8 Å². The van der Waals surface area contributed by atoms with Crippen LogP contribution >= 0.6 is 0 Å². The van der Waals surface area contributed by atoms with Crippen LogP contribution in [0.5, 0.6) is 0 Å². The highest BCUT2D eigenvalue weighted by Gasteiger charge is 2.09. The van der Waals surface area contributed by atoms with Crippen molar-refractivity contribution in [3.63, 3.8) is 0 Å². The molecular formula is C60H121O21+. The summed E-state index contributed by atoms with van der Waals surface area (Å²) < 4.78 is 12.0. The van der Waals surface area contributed by atoms with E-state index in [4.69, 9.17) is 101 Å². The lowest BCUT2D eigenvalue weighted by atomic mass is 9.94. The fourth-order valence-electron chi connectivity index (χ4n) is 6.65. The largest absolute Gasteiger partial charge is 0.379 e. The van der Waals surface area contributed by atoms with Crippen molar-refractivity contribution in [1.29, 1.82) is 0 Å². The Balaban J connectivity index is -0.0000000529. The predicted molar refractivity (Wildman–Crippen MR) is 330 cm³/mol. The second-order valence-electron chi connectivity index (χ2n) is 14.4. The zero-order valence-corrected chi connectivity index (χ0v) is 51.4. The summed E-state index contributed by atoms with van der Waals surface area (Å²) in [6.45, 7) is 44.0. The first-order valence-electron chi connectivity index (χ1n) is 26.2. The van der Waals surface area contributed by atoms with Crippen LogP contribution in [0.15, 0.2) is 0 Å². The van der Waals surface area contributed by atoms with Gasteiger partial charge in [0.15, 0.2) is 0 Å². The highest BCUT2D eigenvalue weighted by Crippen LogP contribution is 2.20. The number of carbonyl (C=O) groups excluding carboxylic acids is 19. The summed E-state index contributed by atoms with van der Waals surface area (Å²) in [5.74, 6) is 0.754. The Morgan fingerprint density at radius 1 is 0.247 bits per heavy atom. The van der Waals surface area contributed by atoms with Gasteiger partial charge in [-0.3, -0.25) is 4.79 Å². The second-order valence-corrected chi connectivity index (χ2v) is 14.4. The molecule has 486 valence electrons. The maximum atomic E-state index is 8.69. The van der Waals surface area contributed by atoms with E-state index < -0.39 is 0 Å². The van der Waals surface area contributed by atoms with Crippen LogP contribution in [0.1, 0.15) is 232 Å². The number of hydrogen-bond donors (Lipinski definition) is 0. The molecular weight excluding hydrogens is 1060 g/mol. The number of rotatable bonds is 41. The minimum Gasteiger partial charge on any atom is -0.379 e. The lowest BCUT2D eigenvalue weighted by Crippen LogP contribution is -2.13. The third-order valence-electron chi connectivity index (χ3n) is 9.78. The summed E-state index contributed by atoms with van der Waals surface area (Å²) in [7, 11) is 0. The molecule has 0 rings (SSSR count). The molecule has 0 saturated carbocycles.